The SMILES string of the molecule is Nc1nc(CNS(=O)(=O)c2ccc(Cl)c(Cl)c2)cs1. The third kappa shape index (κ3) is 3.58. The van der Waals surface area contributed by atoms with Crippen molar-refractivity contribution in [2.75, 3.05) is 5.73 Å². The molecular weight excluding hydrogens is 329 g/mol. The monoisotopic (exact) mass is 337 g/mol. The van der Waals surface area contributed by atoms with Crippen molar-refractivity contribution in [3.63, 3.8) is 0 Å². The molecule has 9 heteroatoms. The van der Waals surface area contributed by atoms with E-state index in [2.05, 4.69) is 9.71 Å². The van der Waals surface area contributed by atoms with Gasteiger partial charge in [-0.2, -0.15) is 0 Å². The second kappa shape index (κ2) is 5.64. The maximum Gasteiger partial charge on any atom is 0.240 e. The Labute approximate surface area is 124 Å². The molecule has 0 unspecified atom stereocenters. The summed E-state index contributed by atoms with van der Waals surface area (Å²) in [5.41, 5.74) is 6.02. The molecule has 0 atom stereocenters. The molecule has 2 aromatic rings. The van der Waals surface area contributed by atoms with Gasteiger partial charge < -0.3 is 5.73 Å². The zero-order chi connectivity index (χ0) is 14.0. The Morgan fingerprint density at radius 1 is 1.32 bits per heavy atom. The quantitative estimate of drug-likeness (QED) is 0.897. The third-order valence-electron chi connectivity index (χ3n) is 2.21. The highest BCUT2D eigenvalue weighted by molar-refractivity contribution is 7.89. The van der Waals surface area contributed by atoms with Gasteiger partial charge in [0, 0.05) is 5.38 Å². The molecule has 5 nitrogen and oxygen atoms in total. The van der Waals surface area contributed by atoms with Gasteiger partial charge in [0.1, 0.15) is 0 Å². The van der Waals surface area contributed by atoms with Gasteiger partial charge in [-0.25, -0.2) is 18.1 Å². The average molecular weight is 338 g/mol. The normalized spacial score (nSPS) is 11.7. The molecule has 0 aliphatic heterocycles. The highest BCUT2D eigenvalue weighted by Gasteiger charge is 2.15. The lowest BCUT2D eigenvalue weighted by molar-refractivity contribution is 0.580. The Hall–Kier alpha value is -0.860. The van der Waals surface area contributed by atoms with E-state index in [1.165, 1.54) is 29.5 Å². The molecule has 1 aromatic heterocycles. The minimum Gasteiger partial charge on any atom is -0.375 e. The smallest absolute Gasteiger partial charge is 0.240 e. The molecule has 3 N–H and O–H groups in total. The third-order valence-corrected chi connectivity index (χ3v) is 5.07. The van der Waals surface area contributed by atoms with Crippen LogP contribution in [-0.4, -0.2) is 13.4 Å². The Morgan fingerprint density at radius 3 is 2.63 bits per heavy atom. The number of aromatic nitrogens is 1. The van der Waals surface area contributed by atoms with Crippen LogP contribution in [0, 0.1) is 0 Å². The number of sulfonamides is 1. The molecule has 1 heterocycles. The molecule has 0 spiro atoms. The van der Waals surface area contributed by atoms with Crippen molar-refractivity contribution in [2.45, 2.75) is 11.4 Å². The number of nitrogen functional groups attached to an aromatic ring is 1. The Morgan fingerprint density at radius 2 is 2.05 bits per heavy atom. The van der Waals surface area contributed by atoms with Crippen LogP contribution in [0.15, 0.2) is 28.5 Å². The first-order valence-corrected chi connectivity index (χ1v) is 8.15. The Kier molecular flexibility index (Phi) is 4.32. The number of rotatable bonds is 4. The van der Waals surface area contributed by atoms with Crippen molar-refractivity contribution < 1.29 is 8.42 Å². The molecule has 0 saturated carbocycles. The molecule has 0 saturated heterocycles. The number of nitrogens with zero attached hydrogens (tertiary/aromatic N) is 1. The molecule has 0 fully saturated rings. The van der Waals surface area contributed by atoms with Crippen LogP contribution in [0.1, 0.15) is 5.69 Å². The fourth-order valence-electron chi connectivity index (χ4n) is 1.30. The Balaban J connectivity index is 2.16. The largest absolute Gasteiger partial charge is 0.375 e. The van der Waals surface area contributed by atoms with Crippen LogP contribution < -0.4 is 10.5 Å². The van der Waals surface area contributed by atoms with E-state index in [0.717, 1.165) is 0 Å². The van der Waals surface area contributed by atoms with Crippen molar-refractivity contribution in [2.24, 2.45) is 0 Å². The molecule has 19 heavy (non-hydrogen) atoms. The molecule has 0 aliphatic rings. The van der Waals surface area contributed by atoms with Gasteiger partial charge in [0.2, 0.25) is 10.0 Å². The zero-order valence-corrected chi connectivity index (χ0v) is 12.6. The zero-order valence-electron chi connectivity index (χ0n) is 9.43. The predicted octanol–water partition coefficient (Wildman–Crippen LogP) is 2.51. The van der Waals surface area contributed by atoms with Crippen molar-refractivity contribution in [3.8, 4) is 0 Å². The van der Waals surface area contributed by atoms with E-state index < -0.39 is 10.0 Å². The minimum atomic E-state index is -3.66. The van der Waals surface area contributed by atoms with E-state index >= 15 is 0 Å². The minimum absolute atomic E-state index is 0.0464. The molecule has 102 valence electrons. The molecule has 1 aromatic carbocycles. The predicted molar refractivity (Wildman–Crippen MR) is 77.0 cm³/mol. The number of hydrogen-bond donors (Lipinski definition) is 2. The van der Waals surface area contributed by atoms with Crippen LogP contribution in [0.2, 0.25) is 10.0 Å². The van der Waals surface area contributed by atoms with Gasteiger partial charge in [0.15, 0.2) is 5.13 Å². The second-order valence-corrected chi connectivity index (χ2v) is 7.05. The second-order valence-electron chi connectivity index (χ2n) is 3.58. The summed E-state index contributed by atoms with van der Waals surface area (Å²) in [5, 5.41) is 2.56. The number of anilines is 1. The van der Waals surface area contributed by atoms with Crippen LogP contribution in [-0.2, 0) is 16.6 Å². The number of thiazole rings is 1. The molecule has 2 rings (SSSR count). The van der Waals surface area contributed by atoms with Crippen molar-refractivity contribution >= 4 is 49.7 Å². The van der Waals surface area contributed by atoms with E-state index in [1.807, 2.05) is 0 Å². The van der Waals surface area contributed by atoms with E-state index in [0.29, 0.717) is 15.8 Å². The number of benzene rings is 1. The van der Waals surface area contributed by atoms with Crippen LogP contribution >= 0.6 is 34.5 Å². The van der Waals surface area contributed by atoms with Gasteiger partial charge in [-0.3, -0.25) is 0 Å². The fourth-order valence-corrected chi connectivity index (χ4v) is 3.25. The van der Waals surface area contributed by atoms with Crippen LogP contribution in [0.4, 0.5) is 5.13 Å². The van der Waals surface area contributed by atoms with Gasteiger partial charge in [0.05, 0.1) is 27.2 Å². The summed E-state index contributed by atoms with van der Waals surface area (Å²) in [6, 6.07) is 4.10. The summed E-state index contributed by atoms with van der Waals surface area (Å²) in [7, 11) is -3.66. The van der Waals surface area contributed by atoms with Gasteiger partial charge in [-0.15, -0.1) is 11.3 Å². The summed E-state index contributed by atoms with van der Waals surface area (Å²) in [6.07, 6.45) is 0. The molecule has 0 aliphatic carbocycles. The first-order chi connectivity index (χ1) is 8.88. The van der Waals surface area contributed by atoms with Crippen molar-refractivity contribution in [1.29, 1.82) is 0 Å². The summed E-state index contributed by atoms with van der Waals surface area (Å²) in [4.78, 5) is 4.01. The van der Waals surface area contributed by atoms with Crippen LogP contribution in [0.3, 0.4) is 0 Å². The summed E-state index contributed by atoms with van der Waals surface area (Å²) in [5.74, 6) is 0. The summed E-state index contributed by atoms with van der Waals surface area (Å²) in [6.45, 7) is 0.0658. The average Bonchev–Trinajstić information content (AvgIpc) is 2.76. The van der Waals surface area contributed by atoms with Gasteiger partial charge in [-0.1, -0.05) is 23.2 Å². The van der Waals surface area contributed by atoms with E-state index in [4.69, 9.17) is 28.9 Å². The summed E-state index contributed by atoms with van der Waals surface area (Å²) < 4.78 is 26.4. The topological polar surface area (TPSA) is 85.1 Å². The summed E-state index contributed by atoms with van der Waals surface area (Å²) >= 11 is 12.8. The van der Waals surface area contributed by atoms with Crippen LogP contribution in [0.5, 0.6) is 0 Å². The first-order valence-electron chi connectivity index (χ1n) is 5.03. The van der Waals surface area contributed by atoms with Crippen molar-refractivity contribution in [3.05, 3.63) is 39.3 Å². The van der Waals surface area contributed by atoms with Gasteiger partial charge in [-0.05, 0) is 18.2 Å². The van der Waals surface area contributed by atoms with E-state index in [1.54, 1.807) is 5.38 Å². The van der Waals surface area contributed by atoms with Crippen molar-refractivity contribution in [1.82, 2.24) is 9.71 Å². The molecule has 0 bridgehead atoms. The highest BCUT2D eigenvalue weighted by atomic mass is 35.5. The van der Waals surface area contributed by atoms with Crippen LogP contribution in [0.25, 0.3) is 0 Å². The standard InChI is InChI=1S/C10H9Cl2N3O2S2/c11-8-2-1-7(3-9(8)12)19(16,17)14-4-6-5-18-10(13)15-6/h1-3,5,14H,4H2,(H2,13,15). The van der Waals surface area contributed by atoms with E-state index in [9.17, 15) is 8.42 Å². The lowest BCUT2D eigenvalue weighted by Gasteiger charge is -2.06. The lowest BCUT2D eigenvalue weighted by atomic mass is 10.4. The number of nitrogens with one attached hydrogen (secondary N) is 1. The number of hydrogen-bond acceptors (Lipinski definition) is 5. The lowest BCUT2D eigenvalue weighted by Crippen LogP contribution is -2.23. The molecule has 0 amide bonds. The maximum absolute atomic E-state index is 12.0. The molecule has 0 radical (unpaired) electrons. The fraction of sp³-hybridized carbons (Fsp3) is 0.100. The Bertz CT molecular complexity index is 701. The van der Waals surface area contributed by atoms with Gasteiger partial charge >= 0.3 is 0 Å². The first kappa shape index (κ1) is 14.5. The molecular formula is C10H9Cl2N3O2S2. The van der Waals surface area contributed by atoms with E-state index in [-0.39, 0.29) is 16.5 Å². The number of nitrogens with two attached hydrogens (primary N) is 1. The number of halogens is 2. The van der Waals surface area contributed by atoms with Gasteiger partial charge in [0.25, 0.3) is 0 Å². The highest BCUT2D eigenvalue weighted by Crippen LogP contribution is 2.24. The maximum atomic E-state index is 12.0.